The van der Waals surface area contributed by atoms with Crippen molar-refractivity contribution in [1.29, 1.82) is 0 Å². The van der Waals surface area contributed by atoms with Gasteiger partial charge in [-0.3, -0.25) is 0 Å². The predicted molar refractivity (Wildman–Crippen MR) is 98.8 cm³/mol. The van der Waals surface area contributed by atoms with Gasteiger partial charge in [0.05, 0.1) is 6.61 Å². The van der Waals surface area contributed by atoms with Gasteiger partial charge < -0.3 is 19.2 Å². The fourth-order valence-electron chi connectivity index (χ4n) is 3.00. The number of ether oxygens (including phenoxy) is 2. The highest BCUT2D eigenvalue weighted by atomic mass is 16.6. The summed E-state index contributed by atoms with van der Waals surface area (Å²) >= 11 is 0. The molecule has 1 aromatic heterocycles. The first-order chi connectivity index (χ1) is 13.2. The number of anilines is 1. The normalized spacial score (nSPS) is 16.5. The maximum atomic E-state index is 12.6. The number of hydrogen-bond acceptors (Lipinski definition) is 6. The van der Waals surface area contributed by atoms with Gasteiger partial charge in [0.15, 0.2) is 11.9 Å². The molecule has 2 heterocycles. The summed E-state index contributed by atoms with van der Waals surface area (Å²) in [6.07, 6.45) is -0.963. The number of cyclic esters (lactones) is 1. The van der Waals surface area contributed by atoms with E-state index in [9.17, 15) is 9.59 Å². The molecule has 0 aliphatic carbocycles. The molecule has 0 saturated carbocycles. The average molecular weight is 363 g/mol. The lowest BCUT2D eigenvalue weighted by Gasteiger charge is -2.11. The van der Waals surface area contributed by atoms with E-state index in [2.05, 4.69) is 5.32 Å². The highest BCUT2D eigenvalue weighted by Crippen LogP contribution is 2.38. The van der Waals surface area contributed by atoms with Crippen LogP contribution in [0.1, 0.15) is 18.8 Å². The van der Waals surface area contributed by atoms with Gasteiger partial charge in [-0.15, -0.1) is 0 Å². The molecule has 1 aliphatic rings. The van der Waals surface area contributed by atoms with Gasteiger partial charge in [-0.25, -0.2) is 9.59 Å². The van der Waals surface area contributed by atoms with Crippen LogP contribution in [0.3, 0.4) is 0 Å². The summed E-state index contributed by atoms with van der Waals surface area (Å²) in [4.78, 5) is 25.1. The monoisotopic (exact) mass is 363 g/mol. The molecule has 0 spiro atoms. The molecule has 3 aromatic rings. The number of nitrogens with one attached hydrogen (secondary N) is 1. The van der Waals surface area contributed by atoms with Crippen molar-refractivity contribution in [3.63, 3.8) is 0 Å². The molecular formula is C21H17NO5. The minimum atomic E-state index is -0.963. The van der Waals surface area contributed by atoms with E-state index in [-0.39, 0.29) is 17.9 Å². The highest BCUT2D eigenvalue weighted by molar-refractivity contribution is 6.06. The second kappa shape index (κ2) is 6.99. The maximum absolute atomic E-state index is 12.6. The molecule has 0 radical (unpaired) electrons. The van der Waals surface area contributed by atoms with E-state index in [4.69, 9.17) is 13.9 Å². The van der Waals surface area contributed by atoms with Crippen LogP contribution in [0.5, 0.6) is 0 Å². The molecular weight excluding hydrogens is 346 g/mol. The molecule has 1 unspecified atom stereocenters. The number of carbonyl (C=O) groups excluding carboxylic acids is 2. The first kappa shape index (κ1) is 16.9. The van der Waals surface area contributed by atoms with Crippen molar-refractivity contribution in [1.82, 2.24) is 0 Å². The molecule has 4 rings (SSSR count). The maximum Gasteiger partial charge on any atom is 0.356 e. The number of esters is 2. The number of furan rings is 1. The molecule has 0 amide bonds. The number of benzene rings is 2. The summed E-state index contributed by atoms with van der Waals surface area (Å²) in [5, 5.41) is 3.83. The van der Waals surface area contributed by atoms with Crippen LogP contribution in [-0.4, -0.2) is 18.5 Å². The third-order valence-electron chi connectivity index (χ3n) is 4.20. The Morgan fingerprint density at radius 3 is 2.59 bits per heavy atom. The third-order valence-corrected chi connectivity index (χ3v) is 4.20. The lowest BCUT2D eigenvalue weighted by atomic mass is 10.1. The van der Waals surface area contributed by atoms with E-state index in [1.165, 1.54) is 0 Å². The van der Waals surface area contributed by atoms with Crippen molar-refractivity contribution >= 4 is 28.6 Å². The summed E-state index contributed by atoms with van der Waals surface area (Å²) in [5.74, 6) is -0.878. The number of carbonyl (C=O) groups is 2. The molecule has 0 saturated heterocycles. The molecule has 1 atom stereocenters. The summed E-state index contributed by atoms with van der Waals surface area (Å²) in [5.41, 5.74) is 1.47. The van der Waals surface area contributed by atoms with Crippen LogP contribution >= 0.6 is 0 Å². The standard InChI is InChI=1S/C21H17NO5/c1-2-25-20(23)17-18(22-14-9-4-3-5-10-14)21(24)27-19(17)16-12-13-8-6-7-11-15(13)26-16/h3-12,19,22H,2H2,1H3. The largest absolute Gasteiger partial charge is 0.462 e. The predicted octanol–water partition coefficient (Wildman–Crippen LogP) is 3.96. The van der Waals surface area contributed by atoms with Gasteiger partial charge in [0.2, 0.25) is 0 Å². The lowest BCUT2D eigenvalue weighted by molar-refractivity contribution is -0.142. The quantitative estimate of drug-likeness (QED) is 0.692. The van der Waals surface area contributed by atoms with E-state index in [0.29, 0.717) is 17.0 Å². The summed E-state index contributed by atoms with van der Waals surface area (Å²) < 4.78 is 16.4. The Balaban J connectivity index is 1.78. The van der Waals surface area contributed by atoms with Gasteiger partial charge in [-0.05, 0) is 31.2 Å². The highest BCUT2D eigenvalue weighted by Gasteiger charge is 2.42. The minimum absolute atomic E-state index is 0.0603. The fraction of sp³-hybridized carbons (Fsp3) is 0.143. The van der Waals surface area contributed by atoms with Crippen LogP contribution < -0.4 is 5.32 Å². The van der Waals surface area contributed by atoms with E-state index in [1.54, 1.807) is 25.1 Å². The van der Waals surface area contributed by atoms with Gasteiger partial charge in [0.1, 0.15) is 16.9 Å². The van der Waals surface area contributed by atoms with Crippen LogP contribution in [0.25, 0.3) is 11.0 Å². The van der Waals surface area contributed by atoms with E-state index in [1.807, 2.05) is 42.5 Å². The SMILES string of the molecule is CCOC(=O)C1=C(Nc2ccccc2)C(=O)OC1c1cc2ccccc2o1. The molecule has 6 heteroatoms. The van der Waals surface area contributed by atoms with Crippen molar-refractivity contribution in [2.45, 2.75) is 13.0 Å². The van der Waals surface area contributed by atoms with Gasteiger partial charge in [-0.2, -0.15) is 0 Å². The zero-order valence-corrected chi connectivity index (χ0v) is 14.6. The summed E-state index contributed by atoms with van der Waals surface area (Å²) in [7, 11) is 0. The molecule has 136 valence electrons. The Bertz CT molecular complexity index is 1000. The Hall–Kier alpha value is -3.54. The Morgan fingerprint density at radius 2 is 1.85 bits per heavy atom. The molecule has 1 aliphatic heterocycles. The van der Waals surface area contributed by atoms with Crippen molar-refractivity contribution < 1.29 is 23.5 Å². The Labute approximate surface area is 155 Å². The van der Waals surface area contributed by atoms with Crippen LogP contribution in [-0.2, 0) is 19.1 Å². The topological polar surface area (TPSA) is 77.8 Å². The summed E-state index contributed by atoms with van der Waals surface area (Å²) in [6.45, 7) is 1.89. The molecule has 27 heavy (non-hydrogen) atoms. The zero-order chi connectivity index (χ0) is 18.8. The van der Waals surface area contributed by atoms with Crippen LogP contribution in [0, 0.1) is 0 Å². The number of rotatable bonds is 5. The van der Waals surface area contributed by atoms with Crippen molar-refractivity contribution in [2.75, 3.05) is 11.9 Å². The van der Waals surface area contributed by atoms with Crippen molar-refractivity contribution in [3.05, 3.63) is 77.7 Å². The Morgan fingerprint density at radius 1 is 1.11 bits per heavy atom. The van der Waals surface area contributed by atoms with Crippen LogP contribution in [0.4, 0.5) is 5.69 Å². The van der Waals surface area contributed by atoms with Crippen molar-refractivity contribution in [3.8, 4) is 0 Å². The molecule has 0 bridgehead atoms. The Kier molecular flexibility index (Phi) is 4.38. The van der Waals surface area contributed by atoms with Crippen LogP contribution in [0.15, 0.2) is 76.4 Å². The van der Waals surface area contributed by atoms with Gasteiger partial charge in [0.25, 0.3) is 0 Å². The fourth-order valence-corrected chi connectivity index (χ4v) is 3.00. The number of para-hydroxylation sites is 2. The van der Waals surface area contributed by atoms with Crippen molar-refractivity contribution in [2.24, 2.45) is 0 Å². The lowest BCUT2D eigenvalue weighted by Crippen LogP contribution is -2.15. The minimum Gasteiger partial charge on any atom is -0.462 e. The zero-order valence-electron chi connectivity index (χ0n) is 14.6. The van der Waals surface area contributed by atoms with Gasteiger partial charge in [-0.1, -0.05) is 36.4 Å². The molecule has 2 aromatic carbocycles. The smallest absolute Gasteiger partial charge is 0.356 e. The van der Waals surface area contributed by atoms with Gasteiger partial charge in [0, 0.05) is 11.1 Å². The van der Waals surface area contributed by atoms with Gasteiger partial charge >= 0.3 is 11.9 Å². The third kappa shape index (κ3) is 3.17. The first-order valence-corrected chi connectivity index (χ1v) is 8.60. The number of fused-ring (bicyclic) bond motifs is 1. The van der Waals surface area contributed by atoms with Crippen LogP contribution in [0.2, 0.25) is 0 Å². The average Bonchev–Trinajstić information content (AvgIpc) is 3.24. The summed E-state index contributed by atoms with van der Waals surface area (Å²) in [6, 6.07) is 18.3. The molecule has 0 fully saturated rings. The first-order valence-electron chi connectivity index (χ1n) is 8.60. The second-order valence-corrected chi connectivity index (χ2v) is 5.97. The van der Waals surface area contributed by atoms with E-state index < -0.39 is 18.0 Å². The van der Waals surface area contributed by atoms with E-state index in [0.717, 1.165) is 5.39 Å². The second-order valence-electron chi connectivity index (χ2n) is 5.97. The molecule has 1 N–H and O–H groups in total. The van der Waals surface area contributed by atoms with E-state index >= 15 is 0 Å². The number of hydrogen-bond donors (Lipinski definition) is 1. The molecule has 6 nitrogen and oxygen atoms in total.